The lowest BCUT2D eigenvalue weighted by molar-refractivity contribution is -0.220. The summed E-state index contributed by atoms with van der Waals surface area (Å²) in [7, 11) is 1.57. The third-order valence-electron chi connectivity index (χ3n) is 2.78. The Hall–Kier alpha value is -0.160. The van der Waals surface area contributed by atoms with Gasteiger partial charge in [-0.15, -0.1) is 0 Å². The average molecular weight is 190 g/mol. The summed E-state index contributed by atoms with van der Waals surface area (Å²) in [5.74, 6) is 0. The van der Waals surface area contributed by atoms with Crippen LogP contribution in [-0.2, 0) is 9.47 Å². The molecular weight excluding hydrogens is 172 g/mol. The van der Waals surface area contributed by atoms with Crippen molar-refractivity contribution in [2.45, 2.75) is 44.2 Å². The Balaban J connectivity index is 2.71. The van der Waals surface area contributed by atoms with E-state index in [1.807, 2.05) is 6.92 Å². The molecule has 78 valence electrons. The predicted octanol–water partition coefficient (Wildman–Crippen LogP) is -0.0779. The van der Waals surface area contributed by atoms with E-state index in [9.17, 15) is 5.11 Å². The van der Waals surface area contributed by atoms with Crippen molar-refractivity contribution < 1.29 is 19.7 Å². The van der Waals surface area contributed by atoms with E-state index in [2.05, 4.69) is 0 Å². The summed E-state index contributed by atoms with van der Waals surface area (Å²) in [5.41, 5.74) is -0.606. The second kappa shape index (κ2) is 3.92. The highest BCUT2D eigenvalue weighted by Crippen LogP contribution is 2.31. The van der Waals surface area contributed by atoms with Crippen molar-refractivity contribution in [3.63, 3.8) is 0 Å². The molecule has 0 radical (unpaired) electrons. The maximum atomic E-state index is 9.78. The molecule has 0 aromatic rings. The van der Waals surface area contributed by atoms with E-state index in [1.165, 1.54) is 0 Å². The van der Waals surface area contributed by atoms with Crippen molar-refractivity contribution in [1.82, 2.24) is 0 Å². The van der Waals surface area contributed by atoms with Gasteiger partial charge in [0.2, 0.25) is 0 Å². The van der Waals surface area contributed by atoms with Crippen LogP contribution >= 0.6 is 0 Å². The SMILES string of the molecule is COC1(C)CC(CO)OC(C)C1O. The Bertz CT molecular complexity index is 173. The van der Waals surface area contributed by atoms with Crippen molar-refractivity contribution in [2.24, 2.45) is 0 Å². The normalized spacial score (nSPS) is 46.4. The minimum atomic E-state index is -0.639. The maximum Gasteiger partial charge on any atom is 0.109 e. The first-order valence-electron chi connectivity index (χ1n) is 4.53. The summed E-state index contributed by atoms with van der Waals surface area (Å²) in [6.07, 6.45) is -0.648. The van der Waals surface area contributed by atoms with Gasteiger partial charge >= 0.3 is 0 Å². The largest absolute Gasteiger partial charge is 0.394 e. The topological polar surface area (TPSA) is 58.9 Å². The van der Waals surface area contributed by atoms with Gasteiger partial charge in [-0.1, -0.05) is 0 Å². The van der Waals surface area contributed by atoms with Gasteiger partial charge in [0.05, 0.1) is 24.4 Å². The molecule has 1 rings (SSSR count). The Morgan fingerprint density at radius 1 is 1.62 bits per heavy atom. The molecule has 1 aliphatic rings. The van der Waals surface area contributed by atoms with E-state index in [0.717, 1.165) is 0 Å². The van der Waals surface area contributed by atoms with Crippen LogP contribution in [0.1, 0.15) is 20.3 Å². The minimum absolute atomic E-state index is 0.0317. The number of aliphatic hydroxyl groups excluding tert-OH is 2. The molecule has 0 bridgehead atoms. The number of ether oxygens (including phenoxy) is 2. The van der Waals surface area contributed by atoms with E-state index in [4.69, 9.17) is 14.6 Å². The number of aliphatic hydroxyl groups is 2. The van der Waals surface area contributed by atoms with E-state index in [0.29, 0.717) is 6.42 Å². The van der Waals surface area contributed by atoms with E-state index >= 15 is 0 Å². The molecule has 0 amide bonds. The Kier molecular flexibility index (Phi) is 3.29. The van der Waals surface area contributed by atoms with Gasteiger partial charge in [0, 0.05) is 13.5 Å². The van der Waals surface area contributed by atoms with Gasteiger partial charge in [0.25, 0.3) is 0 Å². The van der Waals surface area contributed by atoms with Gasteiger partial charge in [-0.25, -0.2) is 0 Å². The molecular formula is C9H18O4. The highest BCUT2D eigenvalue weighted by Gasteiger charge is 2.44. The lowest BCUT2D eigenvalue weighted by Gasteiger charge is -2.44. The molecule has 4 heteroatoms. The van der Waals surface area contributed by atoms with Crippen LogP contribution in [0.15, 0.2) is 0 Å². The molecule has 0 aromatic heterocycles. The quantitative estimate of drug-likeness (QED) is 0.639. The fraction of sp³-hybridized carbons (Fsp3) is 1.00. The monoisotopic (exact) mass is 190 g/mol. The number of rotatable bonds is 2. The van der Waals surface area contributed by atoms with Crippen LogP contribution in [-0.4, -0.2) is 47.8 Å². The molecule has 4 unspecified atom stereocenters. The number of hydrogen-bond acceptors (Lipinski definition) is 4. The summed E-state index contributed by atoms with van der Waals surface area (Å²) in [6.45, 7) is 3.58. The lowest BCUT2D eigenvalue weighted by Crippen LogP contribution is -2.56. The second-order valence-electron chi connectivity index (χ2n) is 3.81. The smallest absolute Gasteiger partial charge is 0.109 e. The summed E-state index contributed by atoms with van der Waals surface area (Å²) >= 11 is 0. The summed E-state index contributed by atoms with van der Waals surface area (Å²) < 4.78 is 10.6. The molecule has 0 saturated carbocycles. The Morgan fingerprint density at radius 3 is 2.69 bits per heavy atom. The molecule has 1 heterocycles. The van der Waals surface area contributed by atoms with Gasteiger partial charge in [-0.05, 0) is 13.8 Å². The molecule has 1 fully saturated rings. The van der Waals surface area contributed by atoms with Crippen molar-refractivity contribution in [3.8, 4) is 0 Å². The van der Waals surface area contributed by atoms with E-state index in [1.54, 1.807) is 14.0 Å². The van der Waals surface area contributed by atoms with Crippen molar-refractivity contribution in [3.05, 3.63) is 0 Å². The van der Waals surface area contributed by atoms with Crippen LogP contribution < -0.4 is 0 Å². The standard InChI is InChI=1S/C9H18O4/c1-6-8(11)9(2,12-3)4-7(5-10)13-6/h6-8,10-11H,4-5H2,1-3H3. The van der Waals surface area contributed by atoms with Crippen molar-refractivity contribution in [1.29, 1.82) is 0 Å². The fourth-order valence-corrected chi connectivity index (χ4v) is 1.81. The first kappa shape index (κ1) is 10.9. The van der Waals surface area contributed by atoms with Crippen LogP contribution in [0.3, 0.4) is 0 Å². The molecule has 0 aromatic carbocycles. The molecule has 2 N–H and O–H groups in total. The predicted molar refractivity (Wildman–Crippen MR) is 47.5 cm³/mol. The van der Waals surface area contributed by atoms with E-state index < -0.39 is 11.7 Å². The zero-order valence-corrected chi connectivity index (χ0v) is 8.36. The lowest BCUT2D eigenvalue weighted by atomic mass is 9.86. The number of methoxy groups -OCH3 is 1. The van der Waals surface area contributed by atoms with Crippen molar-refractivity contribution >= 4 is 0 Å². The average Bonchev–Trinajstić information content (AvgIpc) is 2.13. The maximum absolute atomic E-state index is 9.78. The summed E-state index contributed by atoms with van der Waals surface area (Å²) in [4.78, 5) is 0. The summed E-state index contributed by atoms with van der Waals surface area (Å²) in [6, 6.07) is 0. The van der Waals surface area contributed by atoms with Crippen LogP contribution in [0.5, 0.6) is 0 Å². The first-order valence-corrected chi connectivity index (χ1v) is 4.53. The van der Waals surface area contributed by atoms with Crippen LogP contribution in [0.4, 0.5) is 0 Å². The Morgan fingerprint density at radius 2 is 2.23 bits per heavy atom. The van der Waals surface area contributed by atoms with Gasteiger partial charge in [0.1, 0.15) is 6.10 Å². The zero-order valence-electron chi connectivity index (χ0n) is 8.36. The van der Waals surface area contributed by atoms with Gasteiger partial charge < -0.3 is 19.7 Å². The highest BCUT2D eigenvalue weighted by atomic mass is 16.5. The van der Waals surface area contributed by atoms with Crippen LogP contribution in [0.25, 0.3) is 0 Å². The Labute approximate surface area is 78.5 Å². The van der Waals surface area contributed by atoms with Gasteiger partial charge in [0.15, 0.2) is 0 Å². The molecule has 1 saturated heterocycles. The third kappa shape index (κ3) is 2.02. The summed E-state index contributed by atoms with van der Waals surface area (Å²) in [5, 5.41) is 18.7. The van der Waals surface area contributed by atoms with Gasteiger partial charge in [-0.3, -0.25) is 0 Å². The van der Waals surface area contributed by atoms with Gasteiger partial charge in [-0.2, -0.15) is 0 Å². The molecule has 1 aliphatic heterocycles. The fourth-order valence-electron chi connectivity index (χ4n) is 1.81. The third-order valence-corrected chi connectivity index (χ3v) is 2.78. The van der Waals surface area contributed by atoms with Crippen LogP contribution in [0, 0.1) is 0 Å². The minimum Gasteiger partial charge on any atom is -0.394 e. The molecule has 0 spiro atoms. The van der Waals surface area contributed by atoms with Crippen molar-refractivity contribution in [2.75, 3.05) is 13.7 Å². The number of hydrogen-bond donors (Lipinski definition) is 2. The molecule has 4 atom stereocenters. The second-order valence-corrected chi connectivity index (χ2v) is 3.81. The molecule has 0 aliphatic carbocycles. The highest BCUT2D eigenvalue weighted by molar-refractivity contribution is 4.94. The molecule has 13 heavy (non-hydrogen) atoms. The van der Waals surface area contributed by atoms with Crippen LogP contribution in [0.2, 0.25) is 0 Å². The zero-order chi connectivity index (χ0) is 10.1. The first-order chi connectivity index (χ1) is 6.03. The molecule has 4 nitrogen and oxygen atoms in total. The van der Waals surface area contributed by atoms with E-state index in [-0.39, 0.29) is 18.8 Å².